The minimum Gasteiger partial charge on any atom is -0.311 e. The second-order valence-electron chi connectivity index (χ2n) is 15.5. The highest BCUT2D eigenvalue weighted by molar-refractivity contribution is 7.00. The van der Waals surface area contributed by atoms with E-state index in [1.807, 2.05) is 0 Å². The zero-order valence-corrected chi connectivity index (χ0v) is 32.8. The van der Waals surface area contributed by atoms with E-state index in [0.29, 0.717) is 0 Å². The van der Waals surface area contributed by atoms with Gasteiger partial charge in [0.1, 0.15) is 0 Å². The maximum absolute atomic E-state index is 2.50. The van der Waals surface area contributed by atoms with Crippen LogP contribution in [0.3, 0.4) is 0 Å². The van der Waals surface area contributed by atoms with Gasteiger partial charge in [0.25, 0.3) is 6.71 Å². The molecule has 9 aromatic carbocycles. The Bertz CT molecular complexity index is 2910. The normalized spacial score (nSPS) is 12.4. The molecule has 2 aliphatic rings. The van der Waals surface area contributed by atoms with E-state index < -0.39 is 0 Å². The Kier molecular flexibility index (Phi) is 8.48. The van der Waals surface area contributed by atoms with E-state index >= 15 is 0 Å². The minimum atomic E-state index is 0.00206. The van der Waals surface area contributed by atoms with Gasteiger partial charge >= 0.3 is 0 Å². The van der Waals surface area contributed by atoms with Gasteiger partial charge in [0.05, 0.1) is 0 Å². The molecule has 0 fully saturated rings. The van der Waals surface area contributed by atoms with Gasteiger partial charge in [0.2, 0.25) is 0 Å². The van der Waals surface area contributed by atoms with Gasteiger partial charge < -0.3 is 14.7 Å². The van der Waals surface area contributed by atoms with E-state index in [2.05, 4.69) is 246 Å². The Morgan fingerprint density at radius 2 is 0.831 bits per heavy atom. The first kappa shape index (κ1) is 34.7. The Morgan fingerprint density at radius 3 is 1.44 bits per heavy atom. The second-order valence-corrected chi connectivity index (χ2v) is 15.5. The van der Waals surface area contributed by atoms with E-state index in [1.54, 1.807) is 0 Å². The Labute approximate surface area is 346 Å². The summed E-state index contributed by atoms with van der Waals surface area (Å²) in [5.41, 5.74) is 20.3. The summed E-state index contributed by atoms with van der Waals surface area (Å²) in [6.07, 6.45) is 0. The summed E-state index contributed by atoms with van der Waals surface area (Å²) >= 11 is 0. The molecule has 11 rings (SSSR count). The smallest absolute Gasteiger partial charge is 0.252 e. The van der Waals surface area contributed by atoms with E-state index in [4.69, 9.17) is 0 Å². The molecular formula is C55H40BN3. The number of anilines is 9. The molecule has 0 saturated heterocycles. The number of fused-ring (bicyclic) bond motifs is 4. The van der Waals surface area contributed by atoms with Crippen LogP contribution in [0.5, 0.6) is 0 Å². The zero-order valence-electron chi connectivity index (χ0n) is 32.8. The van der Waals surface area contributed by atoms with Crippen molar-refractivity contribution in [2.75, 3.05) is 14.7 Å². The van der Waals surface area contributed by atoms with Crippen LogP contribution in [-0.4, -0.2) is 6.71 Å². The van der Waals surface area contributed by atoms with Crippen molar-refractivity contribution in [2.24, 2.45) is 0 Å². The molecule has 59 heavy (non-hydrogen) atoms. The van der Waals surface area contributed by atoms with Crippen LogP contribution in [0.2, 0.25) is 0 Å². The van der Waals surface area contributed by atoms with Crippen LogP contribution in [-0.2, 0) is 0 Å². The van der Waals surface area contributed by atoms with Crippen molar-refractivity contribution in [1.29, 1.82) is 0 Å². The van der Waals surface area contributed by atoms with Gasteiger partial charge in [0.15, 0.2) is 0 Å². The topological polar surface area (TPSA) is 9.72 Å². The fourth-order valence-electron chi connectivity index (χ4n) is 9.17. The SMILES string of the molecule is Cc1ccc(N2c3cc(N(c4ccccc4)c4ccccc4)ccc3B3c4ccc(-c5ccccc5)cc4N(c4cccc(-c5ccccc5)c4)c4cccc2c43)cc1. The lowest BCUT2D eigenvalue weighted by molar-refractivity contribution is 1.24. The van der Waals surface area contributed by atoms with Gasteiger partial charge in [-0.2, -0.15) is 0 Å². The number of hydrogen-bond acceptors (Lipinski definition) is 3. The molecule has 0 saturated carbocycles. The van der Waals surface area contributed by atoms with Crippen molar-refractivity contribution in [3.63, 3.8) is 0 Å². The summed E-state index contributed by atoms with van der Waals surface area (Å²) < 4.78 is 0. The first-order chi connectivity index (χ1) is 29.2. The molecule has 0 unspecified atom stereocenters. The molecule has 0 N–H and O–H groups in total. The lowest BCUT2D eigenvalue weighted by Crippen LogP contribution is -2.61. The van der Waals surface area contributed by atoms with Crippen LogP contribution in [0.4, 0.5) is 51.2 Å². The summed E-state index contributed by atoms with van der Waals surface area (Å²) in [5, 5.41) is 0. The number of rotatable bonds is 7. The quantitative estimate of drug-likeness (QED) is 0.150. The van der Waals surface area contributed by atoms with Crippen LogP contribution in [0.25, 0.3) is 22.3 Å². The Morgan fingerprint density at radius 1 is 0.339 bits per heavy atom. The summed E-state index contributed by atoms with van der Waals surface area (Å²) in [6, 6.07) is 81.9. The van der Waals surface area contributed by atoms with Crippen molar-refractivity contribution in [3.05, 3.63) is 230 Å². The predicted octanol–water partition coefficient (Wildman–Crippen LogP) is 12.9. The monoisotopic (exact) mass is 753 g/mol. The van der Waals surface area contributed by atoms with Gasteiger partial charge in [0, 0.05) is 51.2 Å². The largest absolute Gasteiger partial charge is 0.311 e. The molecule has 3 nitrogen and oxygen atoms in total. The zero-order chi connectivity index (χ0) is 39.3. The highest BCUT2D eigenvalue weighted by atomic mass is 15.2. The molecule has 0 bridgehead atoms. The fraction of sp³-hybridized carbons (Fsp3) is 0.0182. The highest BCUT2D eigenvalue weighted by Gasteiger charge is 2.43. The maximum atomic E-state index is 2.50. The molecule has 2 aliphatic heterocycles. The lowest BCUT2D eigenvalue weighted by Gasteiger charge is -2.44. The van der Waals surface area contributed by atoms with Crippen molar-refractivity contribution in [2.45, 2.75) is 6.92 Å². The second kappa shape index (κ2) is 14.4. The molecule has 0 amide bonds. The molecule has 0 spiro atoms. The number of hydrogen-bond donors (Lipinski definition) is 0. The molecule has 278 valence electrons. The number of para-hydroxylation sites is 2. The van der Waals surface area contributed by atoms with Crippen LogP contribution in [0.1, 0.15) is 5.56 Å². The first-order valence-corrected chi connectivity index (χ1v) is 20.4. The first-order valence-electron chi connectivity index (χ1n) is 20.4. The van der Waals surface area contributed by atoms with Gasteiger partial charge in [-0.15, -0.1) is 0 Å². The Balaban J connectivity index is 1.17. The predicted molar refractivity (Wildman–Crippen MR) is 251 cm³/mol. The third-order valence-electron chi connectivity index (χ3n) is 11.9. The maximum Gasteiger partial charge on any atom is 0.252 e. The number of nitrogens with zero attached hydrogens (tertiary/aromatic N) is 3. The van der Waals surface area contributed by atoms with Crippen molar-refractivity contribution in [1.82, 2.24) is 0 Å². The molecule has 0 atom stereocenters. The van der Waals surface area contributed by atoms with Crippen molar-refractivity contribution in [3.8, 4) is 22.3 Å². The van der Waals surface area contributed by atoms with E-state index in [0.717, 1.165) is 28.4 Å². The van der Waals surface area contributed by atoms with Crippen LogP contribution in [0.15, 0.2) is 224 Å². The molecular weight excluding hydrogens is 713 g/mol. The van der Waals surface area contributed by atoms with Gasteiger partial charge in [-0.1, -0.05) is 151 Å². The molecule has 0 aromatic heterocycles. The summed E-state index contributed by atoms with van der Waals surface area (Å²) in [6.45, 7) is 2.16. The fourth-order valence-corrected chi connectivity index (χ4v) is 9.17. The van der Waals surface area contributed by atoms with Crippen LogP contribution < -0.4 is 31.1 Å². The van der Waals surface area contributed by atoms with E-state index in [1.165, 1.54) is 67.0 Å². The number of benzene rings is 9. The minimum absolute atomic E-state index is 0.00206. The molecule has 9 aromatic rings. The van der Waals surface area contributed by atoms with E-state index in [-0.39, 0.29) is 6.71 Å². The van der Waals surface area contributed by atoms with Gasteiger partial charge in [-0.05, 0) is 124 Å². The van der Waals surface area contributed by atoms with Crippen LogP contribution in [0, 0.1) is 6.92 Å². The summed E-state index contributed by atoms with van der Waals surface area (Å²) in [7, 11) is 0. The van der Waals surface area contributed by atoms with Gasteiger partial charge in [-0.25, -0.2) is 0 Å². The average molecular weight is 754 g/mol. The van der Waals surface area contributed by atoms with E-state index in [9.17, 15) is 0 Å². The van der Waals surface area contributed by atoms with Crippen molar-refractivity contribution >= 4 is 74.3 Å². The van der Waals surface area contributed by atoms with Crippen molar-refractivity contribution < 1.29 is 0 Å². The summed E-state index contributed by atoms with van der Waals surface area (Å²) in [5.74, 6) is 0. The number of aryl methyl sites for hydroxylation is 1. The molecule has 4 heteroatoms. The Hall–Kier alpha value is -7.56. The third kappa shape index (κ3) is 6.00. The highest BCUT2D eigenvalue weighted by Crippen LogP contribution is 2.46. The summed E-state index contributed by atoms with van der Waals surface area (Å²) in [4.78, 5) is 7.36. The molecule has 0 aliphatic carbocycles. The molecule has 2 heterocycles. The standard InChI is InChI=1S/C55H40BN3/c1-39-28-31-46(32-29-39)58-51-26-15-27-52-55(51)56(50-35-33-48(38-54(50)58)57(44-21-10-4-11-22-44)45-23-12-5-13-24-45)49-34-30-43(41-18-8-3-9-19-41)37-53(49)59(52)47-25-14-20-42(36-47)40-16-6-2-7-17-40/h2-38H,1H3. The van der Waals surface area contributed by atoms with Gasteiger partial charge in [-0.3, -0.25) is 0 Å². The average Bonchev–Trinajstić information content (AvgIpc) is 3.30. The lowest BCUT2D eigenvalue weighted by atomic mass is 9.33. The third-order valence-corrected chi connectivity index (χ3v) is 11.9. The van der Waals surface area contributed by atoms with Crippen LogP contribution >= 0.6 is 0 Å². The molecule has 0 radical (unpaired) electrons.